The summed E-state index contributed by atoms with van der Waals surface area (Å²) < 4.78 is 6.96. The number of nitrogens with zero attached hydrogens (tertiary/aromatic N) is 2. The number of hydrogen-bond donors (Lipinski definition) is 0. The van der Waals surface area contributed by atoms with Crippen LogP contribution in [0.25, 0.3) is 0 Å². The number of rotatable bonds is 8. The molecule has 1 rings (SSSR count). The summed E-state index contributed by atoms with van der Waals surface area (Å²) >= 11 is 0. The topological polar surface area (TPSA) is 68.6 Å². The zero-order valence-electron chi connectivity index (χ0n) is 17.3. The molecule has 1 aromatic heterocycles. The largest absolute Gasteiger partial charge is 0.461 e. The van der Waals surface area contributed by atoms with Gasteiger partial charge in [-0.25, -0.2) is 4.79 Å². The molecule has 0 bridgehead atoms. The van der Waals surface area contributed by atoms with Crippen molar-refractivity contribution in [3.8, 4) is 0 Å². The zero-order valence-corrected chi connectivity index (χ0v) is 17.3. The Bertz CT molecular complexity index is 688. The van der Waals surface area contributed by atoms with Gasteiger partial charge in [0, 0.05) is 31.3 Å². The molecule has 6 heteroatoms. The van der Waals surface area contributed by atoms with Gasteiger partial charge in [-0.15, -0.1) is 0 Å². The molecule has 0 N–H and O–H groups in total. The van der Waals surface area contributed by atoms with E-state index in [1.54, 1.807) is 27.8 Å². The molecule has 1 aromatic rings. The highest BCUT2D eigenvalue weighted by Crippen LogP contribution is 2.25. The SMILES string of the molecule is CCOC(=O)c1c(C)c(C(=O)C(C)N(C)C(=O)CC(C)C)c(C)n1CC. The van der Waals surface area contributed by atoms with Gasteiger partial charge < -0.3 is 14.2 Å². The number of likely N-dealkylation sites (N-methyl/N-ethyl adjacent to an activating group) is 1. The van der Waals surface area contributed by atoms with Crippen LogP contribution in [0.5, 0.6) is 0 Å². The van der Waals surface area contributed by atoms with Crippen molar-refractivity contribution in [1.82, 2.24) is 9.47 Å². The van der Waals surface area contributed by atoms with Crippen LogP contribution in [0, 0.1) is 19.8 Å². The predicted molar refractivity (Wildman–Crippen MR) is 102 cm³/mol. The van der Waals surface area contributed by atoms with E-state index >= 15 is 0 Å². The Hall–Kier alpha value is -2.11. The summed E-state index contributed by atoms with van der Waals surface area (Å²) in [5.74, 6) is -0.410. The number of ether oxygens (including phenoxy) is 1. The number of hydrogen-bond acceptors (Lipinski definition) is 4. The minimum atomic E-state index is -0.596. The molecule has 0 aliphatic heterocycles. The van der Waals surface area contributed by atoms with Crippen LogP contribution < -0.4 is 0 Å². The van der Waals surface area contributed by atoms with Crippen molar-refractivity contribution in [1.29, 1.82) is 0 Å². The highest BCUT2D eigenvalue weighted by atomic mass is 16.5. The molecule has 0 aliphatic rings. The highest BCUT2D eigenvalue weighted by Gasteiger charge is 2.31. The van der Waals surface area contributed by atoms with E-state index in [9.17, 15) is 14.4 Å². The van der Waals surface area contributed by atoms with Crippen molar-refractivity contribution in [2.24, 2.45) is 5.92 Å². The first-order valence-electron chi connectivity index (χ1n) is 9.24. The normalized spacial score (nSPS) is 12.2. The Morgan fingerprint density at radius 2 is 1.69 bits per heavy atom. The minimum absolute atomic E-state index is 0.0586. The molecule has 146 valence electrons. The van der Waals surface area contributed by atoms with Gasteiger partial charge in [-0.2, -0.15) is 0 Å². The Morgan fingerprint density at radius 1 is 1.12 bits per heavy atom. The lowest BCUT2D eigenvalue weighted by Crippen LogP contribution is -2.41. The quantitative estimate of drug-likeness (QED) is 0.524. The second-order valence-electron chi connectivity index (χ2n) is 7.04. The van der Waals surface area contributed by atoms with Crippen molar-refractivity contribution in [3.63, 3.8) is 0 Å². The molecule has 0 fully saturated rings. The van der Waals surface area contributed by atoms with Crippen molar-refractivity contribution in [3.05, 3.63) is 22.5 Å². The summed E-state index contributed by atoms with van der Waals surface area (Å²) in [5, 5.41) is 0. The summed E-state index contributed by atoms with van der Waals surface area (Å²) in [6.07, 6.45) is 0.399. The third kappa shape index (κ3) is 4.34. The summed E-state index contributed by atoms with van der Waals surface area (Å²) in [6, 6.07) is -0.596. The maximum Gasteiger partial charge on any atom is 0.355 e. The van der Waals surface area contributed by atoms with Gasteiger partial charge in [0.1, 0.15) is 5.69 Å². The third-order valence-corrected chi connectivity index (χ3v) is 4.73. The number of esters is 1. The molecule has 1 amide bonds. The van der Waals surface area contributed by atoms with Crippen LogP contribution in [0.4, 0.5) is 0 Å². The Labute approximate surface area is 156 Å². The fourth-order valence-corrected chi connectivity index (χ4v) is 3.21. The van der Waals surface area contributed by atoms with Crippen molar-refractivity contribution in [2.75, 3.05) is 13.7 Å². The van der Waals surface area contributed by atoms with Crippen LogP contribution in [0.2, 0.25) is 0 Å². The fraction of sp³-hybridized carbons (Fsp3) is 0.650. The Morgan fingerprint density at radius 3 is 2.15 bits per heavy atom. The van der Waals surface area contributed by atoms with E-state index in [4.69, 9.17) is 4.74 Å². The maximum absolute atomic E-state index is 13.1. The van der Waals surface area contributed by atoms with Crippen LogP contribution in [0.15, 0.2) is 0 Å². The number of carbonyl (C=O) groups is 3. The molecular weight excluding hydrogens is 332 g/mol. The summed E-state index contributed by atoms with van der Waals surface area (Å²) in [6.45, 7) is 13.8. The number of carbonyl (C=O) groups excluding carboxylic acids is 3. The van der Waals surface area contributed by atoms with Crippen molar-refractivity contribution in [2.45, 2.75) is 67.5 Å². The predicted octanol–water partition coefficient (Wildman–Crippen LogP) is 3.38. The maximum atomic E-state index is 13.1. The van der Waals surface area contributed by atoms with E-state index in [-0.39, 0.29) is 24.2 Å². The zero-order chi connectivity index (χ0) is 20.2. The second kappa shape index (κ2) is 9.01. The molecule has 26 heavy (non-hydrogen) atoms. The molecule has 1 unspecified atom stereocenters. The molecule has 6 nitrogen and oxygen atoms in total. The molecule has 0 aromatic carbocycles. The number of aromatic nitrogens is 1. The smallest absolute Gasteiger partial charge is 0.355 e. The lowest BCUT2D eigenvalue weighted by Gasteiger charge is -2.25. The van der Waals surface area contributed by atoms with Gasteiger partial charge in [0.2, 0.25) is 5.91 Å². The van der Waals surface area contributed by atoms with Crippen LogP contribution in [-0.4, -0.2) is 46.8 Å². The first-order chi connectivity index (χ1) is 12.1. The van der Waals surface area contributed by atoms with Gasteiger partial charge in [0.05, 0.1) is 12.6 Å². The van der Waals surface area contributed by atoms with Gasteiger partial charge in [0.15, 0.2) is 5.78 Å². The lowest BCUT2D eigenvalue weighted by molar-refractivity contribution is -0.131. The van der Waals surface area contributed by atoms with Gasteiger partial charge in [0.25, 0.3) is 0 Å². The van der Waals surface area contributed by atoms with Gasteiger partial charge in [-0.05, 0) is 46.1 Å². The molecule has 1 atom stereocenters. The van der Waals surface area contributed by atoms with Gasteiger partial charge >= 0.3 is 5.97 Å². The molecule has 0 saturated heterocycles. The first kappa shape index (κ1) is 21.9. The number of ketones is 1. The molecule has 0 spiro atoms. The standard InChI is InChI=1S/C20H32N2O4/c1-9-22-14(6)17(13(5)18(22)20(25)26-10-2)19(24)15(7)21(8)16(23)11-12(3)4/h12,15H,9-11H2,1-8H3. The summed E-state index contributed by atoms with van der Waals surface area (Å²) in [5.41, 5.74) is 2.27. The molecule has 0 aliphatic carbocycles. The fourth-order valence-electron chi connectivity index (χ4n) is 3.21. The molecule has 0 radical (unpaired) electrons. The molecule has 0 saturated carbocycles. The average Bonchev–Trinajstić information content (AvgIpc) is 2.82. The van der Waals surface area contributed by atoms with E-state index in [1.807, 2.05) is 32.3 Å². The van der Waals surface area contributed by atoms with Crippen LogP contribution >= 0.6 is 0 Å². The highest BCUT2D eigenvalue weighted by molar-refractivity contribution is 6.06. The Kier molecular flexibility index (Phi) is 7.60. The summed E-state index contributed by atoms with van der Waals surface area (Å²) in [4.78, 5) is 39.3. The van der Waals surface area contributed by atoms with Crippen molar-refractivity contribution < 1.29 is 19.1 Å². The summed E-state index contributed by atoms with van der Waals surface area (Å²) in [7, 11) is 1.65. The van der Waals surface area contributed by atoms with E-state index in [2.05, 4.69) is 0 Å². The van der Waals surface area contributed by atoms with Gasteiger partial charge in [-0.3, -0.25) is 9.59 Å². The van der Waals surface area contributed by atoms with Crippen LogP contribution in [0.1, 0.15) is 73.1 Å². The lowest BCUT2D eigenvalue weighted by atomic mass is 9.99. The average molecular weight is 364 g/mol. The van der Waals surface area contributed by atoms with Gasteiger partial charge in [-0.1, -0.05) is 13.8 Å². The minimum Gasteiger partial charge on any atom is -0.461 e. The monoisotopic (exact) mass is 364 g/mol. The van der Waals surface area contributed by atoms with Crippen LogP contribution in [-0.2, 0) is 16.1 Å². The number of amides is 1. The van der Waals surface area contributed by atoms with E-state index in [0.29, 0.717) is 29.8 Å². The Balaban J connectivity index is 3.28. The third-order valence-electron chi connectivity index (χ3n) is 4.73. The second-order valence-corrected chi connectivity index (χ2v) is 7.04. The van der Waals surface area contributed by atoms with Crippen LogP contribution in [0.3, 0.4) is 0 Å². The first-order valence-corrected chi connectivity index (χ1v) is 9.24. The van der Waals surface area contributed by atoms with E-state index in [1.165, 1.54) is 4.90 Å². The number of Topliss-reactive ketones (excluding diaryl/α,β-unsaturated/α-hetero) is 1. The molecule has 1 heterocycles. The van der Waals surface area contributed by atoms with E-state index in [0.717, 1.165) is 5.69 Å². The molecular formula is C20H32N2O4. The van der Waals surface area contributed by atoms with E-state index < -0.39 is 12.0 Å². The van der Waals surface area contributed by atoms with Crippen molar-refractivity contribution >= 4 is 17.7 Å².